The van der Waals surface area contributed by atoms with Gasteiger partial charge in [-0.2, -0.15) is 0 Å². The lowest BCUT2D eigenvalue weighted by atomic mass is 9.85. The van der Waals surface area contributed by atoms with Crippen molar-refractivity contribution in [3.05, 3.63) is 69.1 Å². The van der Waals surface area contributed by atoms with Crippen LogP contribution in [0.4, 0.5) is 0 Å². The van der Waals surface area contributed by atoms with Crippen molar-refractivity contribution in [3.8, 4) is 0 Å². The lowest BCUT2D eigenvalue weighted by Gasteiger charge is -2.20. The molecular formula is C19H19NO3S. The molecule has 0 fully saturated rings. The first-order chi connectivity index (χ1) is 11.3. The van der Waals surface area contributed by atoms with Gasteiger partial charge in [0, 0.05) is 0 Å². The predicted molar refractivity (Wildman–Crippen MR) is 94.3 cm³/mol. The van der Waals surface area contributed by atoms with Gasteiger partial charge in [0.1, 0.15) is 0 Å². The van der Waals surface area contributed by atoms with Crippen LogP contribution in [0.25, 0.3) is 0 Å². The maximum absolute atomic E-state index is 12.7. The number of aliphatic hydroxyl groups is 1. The molecule has 5 heteroatoms. The summed E-state index contributed by atoms with van der Waals surface area (Å²) in [5.41, 5.74) is 2.08. The van der Waals surface area contributed by atoms with Crippen molar-refractivity contribution >= 4 is 23.0 Å². The van der Waals surface area contributed by atoms with Crippen LogP contribution in [0, 0.1) is 0 Å². The van der Waals surface area contributed by atoms with Crippen molar-refractivity contribution in [2.24, 2.45) is 0 Å². The molecule has 1 aliphatic heterocycles. The smallest absolute Gasteiger partial charge is 0.287 e. The second-order valence-corrected chi connectivity index (χ2v) is 7.79. The normalized spacial score (nSPS) is 18.0. The van der Waals surface area contributed by atoms with E-state index in [9.17, 15) is 14.7 Å². The number of aliphatic hydroxyl groups excluding tert-OH is 1. The fourth-order valence-corrected chi connectivity index (χ4v) is 3.41. The number of rotatable bonds is 3. The van der Waals surface area contributed by atoms with Crippen LogP contribution in [-0.2, 0) is 10.2 Å². The van der Waals surface area contributed by atoms with Crippen molar-refractivity contribution in [2.45, 2.75) is 32.2 Å². The molecule has 124 valence electrons. The van der Waals surface area contributed by atoms with Gasteiger partial charge in [-0.1, -0.05) is 51.1 Å². The van der Waals surface area contributed by atoms with E-state index in [0.29, 0.717) is 4.88 Å². The number of thiophene rings is 1. The van der Waals surface area contributed by atoms with Gasteiger partial charge in [0.25, 0.3) is 5.91 Å². The Hall–Kier alpha value is -2.40. The van der Waals surface area contributed by atoms with Crippen LogP contribution in [0.2, 0.25) is 0 Å². The highest BCUT2D eigenvalue weighted by Gasteiger charge is 2.37. The number of carbonyl (C=O) groups is 2. The third kappa shape index (κ3) is 2.87. The van der Waals surface area contributed by atoms with E-state index in [4.69, 9.17) is 0 Å². The zero-order valence-electron chi connectivity index (χ0n) is 13.8. The second-order valence-electron chi connectivity index (χ2n) is 6.85. The summed E-state index contributed by atoms with van der Waals surface area (Å²) in [5, 5.41) is 14.6. The van der Waals surface area contributed by atoms with Gasteiger partial charge in [-0.05, 0) is 28.0 Å². The second kappa shape index (κ2) is 5.91. The number of benzene rings is 1. The van der Waals surface area contributed by atoms with E-state index in [2.05, 4.69) is 26.1 Å². The van der Waals surface area contributed by atoms with E-state index in [0.717, 1.165) is 11.1 Å². The molecule has 2 N–H and O–H groups in total. The first-order valence-corrected chi connectivity index (χ1v) is 8.59. The van der Waals surface area contributed by atoms with E-state index in [1.54, 1.807) is 17.5 Å². The fourth-order valence-electron chi connectivity index (χ4n) is 2.74. The van der Waals surface area contributed by atoms with Gasteiger partial charge in [-0.3, -0.25) is 9.59 Å². The van der Waals surface area contributed by atoms with Crippen molar-refractivity contribution in [3.63, 3.8) is 0 Å². The third-order valence-electron chi connectivity index (χ3n) is 4.13. The maximum atomic E-state index is 12.7. The molecule has 1 aromatic heterocycles. The number of hydrogen-bond acceptors (Lipinski definition) is 4. The van der Waals surface area contributed by atoms with Gasteiger partial charge in [0.15, 0.2) is 5.76 Å². The van der Waals surface area contributed by atoms with Crippen LogP contribution in [0.3, 0.4) is 0 Å². The van der Waals surface area contributed by atoms with E-state index in [1.807, 2.05) is 24.3 Å². The molecule has 1 atom stereocenters. The molecule has 4 nitrogen and oxygen atoms in total. The topological polar surface area (TPSA) is 66.4 Å². The lowest BCUT2D eigenvalue weighted by Crippen LogP contribution is -2.23. The zero-order valence-corrected chi connectivity index (χ0v) is 14.6. The largest absolute Gasteiger partial charge is 0.503 e. The third-order valence-corrected chi connectivity index (χ3v) is 5.00. The Bertz CT molecular complexity index is 811. The Balaban J connectivity index is 1.98. The van der Waals surface area contributed by atoms with Crippen molar-refractivity contribution in [2.75, 3.05) is 0 Å². The minimum atomic E-state index is -0.624. The molecule has 3 rings (SSSR count). The van der Waals surface area contributed by atoms with Crippen LogP contribution in [0.15, 0.2) is 53.1 Å². The van der Waals surface area contributed by atoms with Gasteiger partial charge in [0.2, 0.25) is 5.78 Å². The highest BCUT2D eigenvalue weighted by molar-refractivity contribution is 7.12. The molecule has 1 aromatic carbocycles. The number of nitrogens with one attached hydrogen (secondary N) is 1. The number of ketones is 1. The SMILES string of the molecule is CC(C)(C)c1ccc([C@H]2NC(=O)C(O)=C2C(=O)c2cccs2)cc1. The summed E-state index contributed by atoms with van der Waals surface area (Å²) < 4.78 is 0. The summed E-state index contributed by atoms with van der Waals surface area (Å²) in [6, 6.07) is 10.6. The fraction of sp³-hybridized carbons (Fsp3) is 0.263. The van der Waals surface area contributed by atoms with Crippen LogP contribution in [0.5, 0.6) is 0 Å². The zero-order chi connectivity index (χ0) is 17.5. The van der Waals surface area contributed by atoms with Gasteiger partial charge in [-0.25, -0.2) is 0 Å². The molecule has 0 spiro atoms. The predicted octanol–water partition coefficient (Wildman–Crippen LogP) is 3.91. The minimum Gasteiger partial charge on any atom is -0.503 e. The monoisotopic (exact) mass is 341 g/mol. The average molecular weight is 341 g/mol. The minimum absolute atomic E-state index is 0.0189. The summed E-state index contributed by atoms with van der Waals surface area (Å²) in [5.74, 6) is -1.41. The van der Waals surface area contributed by atoms with Crippen molar-refractivity contribution in [1.29, 1.82) is 0 Å². The Morgan fingerprint density at radius 2 is 1.83 bits per heavy atom. The van der Waals surface area contributed by atoms with Crippen LogP contribution in [-0.4, -0.2) is 16.8 Å². The van der Waals surface area contributed by atoms with Crippen LogP contribution in [0.1, 0.15) is 47.6 Å². The van der Waals surface area contributed by atoms with Crippen LogP contribution < -0.4 is 5.32 Å². The molecule has 24 heavy (non-hydrogen) atoms. The molecule has 2 aromatic rings. The standard InChI is InChI=1S/C19H19NO3S/c1-19(2,3)12-8-6-11(7-9-12)15-14(17(22)18(23)20-15)16(21)13-5-4-10-24-13/h4-10,15,22H,1-3H3,(H,20,23)/t15-/m1/s1. The summed E-state index contributed by atoms with van der Waals surface area (Å²) in [4.78, 5) is 25.1. The number of amides is 1. The van der Waals surface area contributed by atoms with Crippen molar-refractivity contribution < 1.29 is 14.7 Å². The number of Topliss-reactive ketones (excluding diaryl/α,β-unsaturated/α-hetero) is 1. The molecule has 0 bridgehead atoms. The molecule has 0 unspecified atom stereocenters. The van der Waals surface area contributed by atoms with E-state index < -0.39 is 17.7 Å². The first-order valence-electron chi connectivity index (χ1n) is 7.71. The van der Waals surface area contributed by atoms with Gasteiger partial charge in [-0.15, -0.1) is 11.3 Å². The molecule has 0 saturated heterocycles. The van der Waals surface area contributed by atoms with E-state index >= 15 is 0 Å². The van der Waals surface area contributed by atoms with E-state index in [1.165, 1.54) is 11.3 Å². The molecule has 0 saturated carbocycles. The number of hydrogen-bond donors (Lipinski definition) is 2. The van der Waals surface area contributed by atoms with Crippen LogP contribution >= 0.6 is 11.3 Å². The summed E-state index contributed by atoms with van der Waals surface area (Å²) in [6.07, 6.45) is 0. The Morgan fingerprint density at radius 3 is 2.38 bits per heavy atom. The summed E-state index contributed by atoms with van der Waals surface area (Å²) in [6.45, 7) is 6.37. The number of carbonyl (C=O) groups excluding carboxylic acids is 2. The summed E-state index contributed by atoms with van der Waals surface area (Å²) >= 11 is 1.29. The van der Waals surface area contributed by atoms with E-state index in [-0.39, 0.29) is 16.8 Å². The lowest BCUT2D eigenvalue weighted by molar-refractivity contribution is -0.119. The Labute approximate surface area is 144 Å². The maximum Gasteiger partial charge on any atom is 0.287 e. The van der Waals surface area contributed by atoms with Gasteiger partial charge < -0.3 is 10.4 Å². The van der Waals surface area contributed by atoms with Gasteiger partial charge >= 0.3 is 0 Å². The molecule has 2 heterocycles. The first kappa shape index (κ1) is 16.5. The Kier molecular flexibility index (Phi) is 4.05. The Morgan fingerprint density at radius 1 is 1.17 bits per heavy atom. The quantitative estimate of drug-likeness (QED) is 0.832. The summed E-state index contributed by atoms with van der Waals surface area (Å²) in [7, 11) is 0. The van der Waals surface area contributed by atoms with Gasteiger partial charge in [0.05, 0.1) is 16.5 Å². The molecule has 0 radical (unpaired) electrons. The highest BCUT2D eigenvalue weighted by Crippen LogP contribution is 2.33. The molecule has 0 aliphatic carbocycles. The average Bonchev–Trinajstić information content (AvgIpc) is 3.16. The molecule has 1 aliphatic rings. The van der Waals surface area contributed by atoms with Crippen molar-refractivity contribution in [1.82, 2.24) is 5.32 Å². The molecular weight excluding hydrogens is 322 g/mol. The highest BCUT2D eigenvalue weighted by atomic mass is 32.1. The molecule has 1 amide bonds.